The lowest BCUT2D eigenvalue weighted by atomic mass is 10.2. The van der Waals surface area contributed by atoms with Crippen LogP contribution in [0, 0.1) is 5.92 Å². The Balaban J connectivity index is 2.16. The molecule has 0 unspecified atom stereocenters. The number of anilines is 2. The first kappa shape index (κ1) is 18.7. The van der Waals surface area contributed by atoms with Gasteiger partial charge in [0.25, 0.3) is 5.91 Å². The summed E-state index contributed by atoms with van der Waals surface area (Å²) in [6.45, 7) is 3.59. The Labute approximate surface area is 147 Å². The van der Waals surface area contributed by atoms with Crippen LogP contribution >= 0.6 is 0 Å². The fourth-order valence-corrected chi connectivity index (χ4v) is 2.99. The fraction of sp³-hybridized carbons (Fsp3) is 0.222. The third kappa shape index (κ3) is 4.90. The summed E-state index contributed by atoms with van der Waals surface area (Å²) in [5.74, 6) is -0.745. The largest absolute Gasteiger partial charge is 0.326 e. The van der Waals surface area contributed by atoms with Gasteiger partial charge in [-0.3, -0.25) is 9.59 Å². The molecule has 2 rings (SSSR count). The van der Waals surface area contributed by atoms with Gasteiger partial charge in [0.2, 0.25) is 5.91 Å². The van der Waals surface area contributed by atoms with Crippen LogP contribution in [0.4, 0.5) is 11.4 Å². The molecule has 7 heteroatoms. The zero-order chi connectivity index (χ0) is 18.6. The molecule has 0 aliphatic rings. The lowest BCUT2D eigenvalue weighted by Gasteiger charge is -2.11. The van der Waals surface area contributed by atoms with E-state index in [0.717, 1.165) is 6.26 Å². The number of hydrogen-bond donors (Lipinski definition) is 2. The topological polar surface area (TPSA) is 92.3 Å². The van der Waals surface area contributed by atoms with Crippen LogP contribution in [0.5, 0.6) is 0 Å². The van der Waals surface area contributed by atoms with E-state index in [1.807, 2.05) is 0 Å². The molecule has 0 aliphatic carbocycles. The van der Waals surface area contributed by atoms with Crippen LogP contribution in [-0.2, 0) is 14.6 Å². The normalized spacial score (nSPS) is 11.2. The molecule has 2 aromatic rings. The summed E-state index contributed by atoms with van der Waals surface area (Å²) in [5, 5.41) is 5.41. The van der Waals surface area contributed by atoms with E-state index in [4.69, 9.17) is 0 Å². The van der Waals surface area contributed by atoms with Crippen LogP contribution in [0.25, 0.3) is 0 Å². The standard InChI is InChI=1S/C18H20N2O4S/c1-12(2)17(21)19-13-8-10-14(11-9-13)20-18(22)15-6-4-5-7-16(15)25(3,23)24/h4-12H,1-3H3,(H,19,21)(H,20,22). The molecule has 0 aliphatic heterocycles. The Hall–Kier alpha value is -2.67. The smallest absolute Gasteiger partial charge is 0.256 e. The number of hydrogen-bond acceptors (Lipinski definition) is 4. The quantitative estimate of drug-likeness (QED) is 0.857. The van der Waals surface area contributed by atoms with Gasteiger partial charge in [-0.15, -0.1) is 0 Å². The number of carbonyl (C=O) groups excluding carboxylic acids is 2. The summed E-state index contributed by atoms with van der Waals surface area (Å²) >= 11 is 0. The molecule has 0 spiro atoms. The van der Waals surface area contributed by atoms with Crippen molar-refractivity contribution in [1.82, 2.24) is 0 Å². The van der Waals surface area contributed by atoms with E-state index in [2.05, 4.69) is 10.6 Å². The van der Waals surface area contributed by atoms with E-state index in [1.165, 1.54) is 12.1 Å². The zero-order valence-electron chi connectivity index (χ0n) is 14.2. The molecule has 0 atom stereocenters. The van der Waals surface area contributed by atoms with Crippen LogP contribution < -0.4 is 10.6 Å². The maximum Gasteiger partial charge on any atom is 0.256 e. The molecule has 0 aromatic heterocycles. The van der Waals surface area contributed by atoms with Gasteiger partial charge in [0.15, 0.2) is 9.84 Å². The molecule has 0 saturated heterocycles. The molecule has 6 nitrogen and oxygen atoms in total. The third-order valence-electron chi connectivity index (χ3n) is 3.47. The molecule has 0 saturated carbocycles. The van der Waals surface area contributed by atoms with Gasteiger partial charge in [-0.1, -0.05) is 26.0 Å². The van der Waals surface area contributed by atoms with Crippen LogP contribution in [0.1, 0.15) is 24.2 Å². The van der Waals surface area contributed by atoms with Gasteiger partial charge in [0.05, 0.1) is 10.5 Å². The zero-order valence-corrected chi connectivity index (χ0v) is 15.1. The van der Waals surface area contributed by atoms with Gasteiger partial charge >= 0.3 is 0 Å². The van der Waals surface area contributed by atoms with Crippen LogP contribution in [-0.4, -0.2) is 26.5 Å². The minimum Gasteiger partial charge on any atom is -0.326 e. The maximum absolute atomic E-state index is 12.4. The predicted molar refractivity (Wildman–Crippen MR) is 97.4 cm³/mol. The number of amides is 2. The highest BCUT2D eigenvalue weighted by atomic mass is 32.2. The van der Waals surface area contributed by atoms with Crippen molar-refractivity contribution in [3.63, 3.8) is 0 Å². The van der Waals surface area contributed by atoms with E-state index in [9.17, 15) is 18.0 Å². The summed E-state index contributed by atoms with van der Waals surface area (Å²) in [6, 6.07) is 12.6. The van der Waals surface area contributed by atoms with Gasteiger partial charge in [0.1, 0.15) is 0 Å². The number of benzene rings is 2. The van der Waals surface area contributed by atoms with Crippen molar-refractivity contribution in [3.8, 4) is 0 Å². The van der Waals surface area contributed by atoms with E-state index < -0.39 is 15.7 Å². The Bertz CT molecular complexity index is 888. The molecular formula is C18H20N2O4S. The van der Waals surface area contributed by atoms with Crippen molar-refractivity contribution >= 4 is 33.0 Å². The fourth-order valence-electron chi connectivity index (χ4n) is 2.10. The van der Waals surface area contributed by atoms with Crippen LogP contribution in [0.3, 0.4) is 0 Å². The van der Waals surface area contributed by atoms with Crippen LogP contribution in [0.15, 0.2) is 53.4 Å². The summed E-state index contributed by atoms with van der Waals surface area (Å²) in [6.07, 6.45) is 1.06. The number of carbonyl (C=O) groups is 2. The second kappa shape index (κ2) is 7.48. The van der Waals surface area contributed by atoms with Crippen LogP contribution in [0.2, 0.25) is 0 Å². The van der Waals surface area contributed by atoms with Gasteiger partial charge in [-0.2, -0.15) is 0 Å². The van der Waals surface area contributed by atoms with Gasteiger partial charge in [0, 0.05) is 23.5 Å². The number of sulfone groups is 1. The first-order chi connectivity index (χ1) is 11.7. The second-order valence-corrected chi connectivity index (χ2v) is 7.93. The Morgan fingerprint density at radius 3 is 1.92 bits per heavy atom. The molecule has 0 heterocycles. The first-order valence-electron chi connectivity index (χ1n) is 7.70. The van der Waals surface area contributed by atoms with E-state index >= 15 is 0 Å². The molecule has 2 aromatic carbocycles. The van der Waals surface area contributed by atoms with E-state index in [1.54, 1.807) is 50.2 Å². The molecular weight excluding hydrogens is 340 g/mol. The minimum absolute atomic E-state index is 0.0201. The summed E-state index contributed by atoms with van der Waals surface area (Å²) in [4.78, 5) is 24.0. The second-order valence-electron chi connectivity index (χ2n) is 5.94. The summed E-state index contributed by atoms with van der Waals surface area (Å²) in [5.41, 5.74) is 1.20. The van der Waals surface area contributed by atoms with Gasteiger partial charge in [-0.05, 0) is 36.4 Å². The van der Waals surface area contributed by atoms with Gasteiger partial charge < -0.3 is 10.6 Å². The lowest BCUT2D eigenvalue weighted by Crippen LogP contribution is -2.18. The Morgan fingerprint density at radius 2 is 1.40 bits per heavy atom. The van der Waals surface area contributed by atoms with E-state index in [0.29, 0.717) is 11.4 Å². The summed E-state index contributed by atoms with van der Waals surface area (Å²) in [7, 11) is -3.51. The molecule has 2 amide bonds. The van der Waals surface area contributed by atoms with Crippen molar-refractivity contribution in [3.05, 3.63) is 54.1 Å². The summed E-state index contributed by atoms with van der Waals surface area (Å²) < 4.78 is 23.6. The first-order valence-corrected chi connectivity index (χ1v) is 9.59. The molecule has 0 bridgehead atoms. The monoisotopic (exact) mass is 360 g/mol. The number of rotatable bonds is 5. The SMILES string of the molecule is CC(C)C(=O)Nc1ccc(NC(=O)c2ccccc2S(C)(=O)=O)cc1. The van der Waals surface area contributed by atoms with Gasteiger partial charge in [-0.25, -0.2) is 8.42 Å². The Kier molecular flexibility index (Phi) is 5.58. The average molecular weight is 360 g/mol. The maximum atomic E-state index is 12.4. The van der Waals surface area contributed by atoms with E-state index in [-0.39, 0.29) is 22.3 Å². The highest BCUT2D eigenvalue weighted by molar-refractivity contribution is 7.90. The molecule has 132 valence electrons. The average Bonchev–Trinajstić information content (AvgIpc) is 2.55. The van der Waals surface area contributed by atoms with Crippen molar-refractivity contribution in [2.24, 2.45) is 5.92 Å². The van der Waals surface area contributed by atoms with Crippen molar-refractivity contribution in [2.45, 2.75) is 18.7 Å². The third-order valence-corrected chi connectivity index (χ3v) is 4.62. The molecule has 0 radical (unpaired) electrons. The highest BCUT2D eigenvalue weighted by Crippen LogP contribution is 2.19. The van der Waals surface area contributed by atoms with Crippen molar-refractivity contribution in [2.75, 3.05) is 16.9 Å². The van der Waals surface area contributed by atoms with Crippen molar-refractivity contribution < 1.29 is 18.0 Å². The predicted octanol–water partition coefficient (Wildman–Crippen LogP) is 2.94. The lowest BCUT2D eigenvalue weighted by molar-refractivity contribution is -0.118. The highest BCUT2D eigenvalue weighted by Gasteiger charge is 2.18. The molecule has 0 fully saturated rings. The molecule has 2 N–H and O–H groups in total. The minimum atomic E-state index is -3.51. The Morgan fingerprint density at radius 1 is 0.880 bits per heavy atom. The number of nitrogens with one attached hydrogen (secondary N) is 2. The van der Waals surface area contributed by atoms with Crippen molar-refractivity contribution in [1.29, 1.82) is 0 Å². The molecule has 25 heavy (non-hydrogen) atoms.